The van der Waals surface area contributed by atoms with Crippen molar-refractivity contribution in [1.29, 1.82) is 0 Å². The van der Waals surface area contributed by atoms with Crippen molar-refractivity contribution in [2.75, 3.05) is 10.6 Å². The quantitative estimate of drug-likeness (QED) is 0.717. The number of rotatable bonds is 4. The van der Waals surface area contributed by atoms with E-state index in [4.69, 9.17) is 0 Å². The van der Waals surface area contributed by atoms with E-state index in [2.05, 4.69) is 25.2 Å². The smallest absolute Gasteiger partial charge is 0.257 e. The van der Waals surface area contributed by atoms with E-state index in [0.717, 1.165) is 18.5 Å². The third-order valence-corrected chi connectivity index (χ3v) is 4.93. The molecule has 0 saturated heterocycles. The number of pyridine rings is 1. The zero-order chi connectivity index (χ0) is 19.7. The zero-order valence-corrected chi connectivity index (χ0v) is 15.4. The molecule has 1 aliphatic carbocycles. The van der Waals surface area contributed by atoms with E-state index in [1.54, 1.807) is 12.4 Å². The SMILES string of the molecule is CC(=O)Nc1cc(NC(=O)c2cnc3c(c2)ncn3C2CCCC2)ccc1F. The van der Waals surface area contributed by atoms with Crippen LogP contribution in [0.15, 0.2) is 36.8 Å². The molecule has 0 spiro atoms. The number of hydrogen-bond acceptors (Lipinski definition) is 4. The van der Waals surface area contributed by atoms with Gasteiger partial charge in [-0.3, -0.25) is 9.59 Å². The summed E-state index contributed by atoms with van der Waals surface area (Å²) < 4.78 is 15.8. The standard InChI is InChI=1S/C20H20FN5O2/c1-12(27)24-17-9-14(6-7-16(17)21)25-20(28)13-8-18-19(22-10-13)26(11-23-18)15-4-2-3-5-15/h6-11,15H,2-5H2,1H3,(H,24,27)(H,25,28). The average Bonchev–Trinajstić information content (AvgIpc) is 3.32. The minimum atomic E-state index is -0.575. The number of halogens is 1. The van der Waals surface area contributed by atoms with Crippen LogP contribution in [0.5, 0.6) is 0 Å². The van der Waals surface area contributed by atoms with E-state index in [-0.39, 0.29) is 11.6 Å². The maximum absolute atomic E-state index is 13.7. The van der Waals surface area contributed by atoms with Gasteiger partial charge < -0.3 is 15.2 Å². The summed E-state index contributed by atoms with van der Waals surface area (Å²) >= 11 is 0. The first-order valence-electron chi connectivity index (χ1n) is 9.22. The molecule has 7 nitrogen and oxygen atoms in total. The van der Waals surface area contributed by atoms with Crippen molar-refractivity contribution in [3.05, 3.63) is 48.2 Å². The van der Waals surface area contributed by atoms with E-state index >= 15 is 0 Å². The van der Waals surface area contributed by atoms with Crippen LogP contribution in [0.3, 0.4) is 0 Å². The molecule has 8 heteroatoms. The Balaban J connectivity index is 1.55. The van der Waals surface area contributed by atoms with Crippen LogP contribution in [0.4, 0.5) is 15.8 Å². The number of nitrogens with zero attached hydrogens (tertiary/aromatic N) is 3. The van der Waals surface area contributed by atoms with Gasteiger partial charge >= 0.3 is 0 Å². The predicted molar refractivity (Wildman–Crippen MR) is 104 cm³/mol. The van der Waals surface area contributed by atoms with Crippen LogP contribution in [0.25, 0.3) is 11.2 Å². The van der Waals surface area contributed by atoms with Crippen LogP contribution < -0.4 is 10.6 Å². The zero-order valence-electron chi connectivity index (χ0n) is 15.4. The van der Waals surface area contributed by atoms with Gasteiger partial charge in [-0.1, -0.05) is 12.8 Å². The van der Waals surface area contributed by atoms with E-state index in [1.165, 1.54) is 44.2 Å². The second kappa shape index (κ2) is 7.38. The van der Waals surface area contributed by atoms with Gasteiger partial charge in [-0.25, -0.2) is 14.4 Å². The topological polar surface area (TPSA) is 88.9 Å². The maximum Gasteiger partial charge on any atom is 0.257 e. The minimum absolute atomic E-state index is 0.00850. The highest BCUT2D eigenvalue weighted by molar-refractivity contribution is 6.05. The molecule has 0 atom stereocenters. The Kier molecular flexibility index (Phi) is 4.77. The maximum atomic E-state index is 13.7. The van der Waals surface area contributed by atoms with Gasteiger partial charge in [-0.15, -0.1) is 0 Å². The van der Waals surface area contributed by atoms with Crippen LogP contribution in [-0.4, -0.2) is 26.3 Å². The molecule has 144 valence electrons. The van der Waals surface area contributed by atoms with Gasteiger partial charge in [-0.05, 0) is 37.1 Å². The fourth-order valence-electron chi connectivity index (χ4n) is 3.58. The van der Waals surface area contributed by atoms with Gasteiger partial charge in [0.2, 0.25) is 5.91 Å². The van der Waals surface area contributed by atoms with E-state index in [0.29, 0.717) is 22.8 Å². The Hall–Kier alpha value is -3.29. The molecular weight excluding hydrogens is 361 g/mol. The highest BCUT2D eigenvalue weighted by Gasteiger charge is 2.20. The van der Waals surface area contributed by atoms with Crippen LogP contribution in [-0.2, 0) is 4.79 Å². The lowest BCUT2D eigenvalue weighted by Gasteiger charge is -2.11. The lowest BCUT2D eigenvalue weighted by molar-refractivity contribution is -0.114. The predicted octanol–water partition coefficient (Wildman–Crippen LogP) is 3.90. The van der Waals surface area contributed by atoms with Gasteiger partial charge in [-0.2, -0.15) is 0 Å². The number of carbonyl (C=O) groups excluding carboxylic acids is 2. The number of aromatic nitrogens is 3. The number of anilines is 2. The number of imidazole rings is 1. The van der Waals surface area contributed by atoms with Crippen LogP contribution in [0.2, 0.25) is 0 Å². The summed E-state index contributed by atoms with van der Waals surface area (Å²) in [6, 6.07) is 6.10. The fraction of sp³-hybridized carbons (Fsp3) is 0.300. The van der Waals surface area contributed by atoms with Crippen molar-refractivity contribution in [3.63, 3.8) is 0 Å². The van der Waals surface area contributed by atoms with Crippen molar-refractivity contribution in [2.45, 2.75) is 38.6 Å². The second-order valence-corrected chi connectivity index (χ2v) is 6.99. The Bertz CT molecular complexity index is 1060. The number of carbonyl (C=O) groups is 2. The molecule has 4 rings (SSSR count). The molecular formula is C20H20FN5O2. The average molecular weight is 381 g/mol. The summed E-state index contributed by atoms with van der Waals surface area (Å²) in [5, 5.41) is 5.08. The number of benzene rings is 1. The summed E-state index contributed by atoms with van der Waals surface area (Å²) in [6.07, 6.45) is 7.97. The van der Waals surface area contributed by atoms with Crippen molar-refractivity contribution < 1.29 is 14.0 Å². The molecule has 1 aromatic carbocycles. The first-order valence-corrected chi connectivity index (χ1v) is 9.22. The number of amides is 2. The third-order valence-electron chi connectivity index (χ3n) is 4.93. The molecule has 3 aromatic rings. The Labute approximate surface area is 161 Å². The number of hydrogen-bond donors (Lipinski definition) is 2. The normalized spacial score (nSPS) is 14.4. The molecule has 1 saturated carbocycles. The Morgan fingerprint density at radius 3 is 2.68 bits per heavy atom. The van der Waals surface area contributed by atoms with Crippen molar-refractivity contribution in [2.24, 2.45) is 0 Å². The van der Waals surface area contributed by atoms with Crippen LogP contribution in [0.1, 0.15) is 49.0 Å². The summed E-state index contributed by atoms with van der Waals surface area (Å²) in [7, 11) is 0. The molecule has 0 radical (unpaired) electrons. The van der Waals surface area contributed by atoms with E-state index in [1.807, 2.05) is 0 Å². The molecule has 2 heterocycles. The van der Waals surface area contributed by atoms with Gasteiger partial charge in [0.15, 0.2) is 5.65 Å². The highest BCUT2D eigenvalue weighted by Crippen LogP contribution is 2.31. The summed E-state index contributed by atoms with van der Waals surface area (Å²) in [5.74, 6) is -1.35. The summed E-state index contributed by atoms with van der Waals surface area (Å²) in [4.78, 5) is 32.6. The molecule has 0 aliphatic heterocycles. The summed E-state index contributed by atoms with van der Waals surface area (Å²) in [5.41, 5.74) is 2.17. The largest absolute Gasteiger partial charge is 0.324 e. The second-order valence-electron chi connectivity index (χ2n) is 6.99. The lowest BCUT2D eigenvalue weighted by atomic mass is 10.2. The van der Waals surface area contributed by atoms with Crippen molar-refractivity contribution >= 4 is 34.4 Å². The molecule has 1 aliphatic rings. The molecule has 0 bridgehead atoms. The molecule has 1 fully saturated rings. The Morgan fingerprint density at radius 1 is 1.14 bits per heavy atom. The number of nitrogens with one attached hydrogen (secondary N) is 2. The van der Waals surface area contributed by atoms with E-state index in [9.17, 15) is 14.0 Å². The lowest BCUT2D eigenvalue weighted by Crippen LogP contribution is -2.14. The monoisotopic (exact) mass is 381 g/mol. The van der Waals surface area contributed by atoms with Crippen molar-refractivity contribution in [1.82, 2.24) is 14.5 Å². The molecule has 28 heavy (non-hydrogen) atoms. The molecule has 2 N–H and O–H groups in total. The fourth-order valence-corrected chi connectivity index (χ4v) is 3.58. The molecule has 2 aromatic heterocycles. The third kappa shape index (κ3) is 3.58. The summed E-state index contributed by atoms with van der Waals surface area (Å²) in [6.45, 7) is 1.29. The van der Waals surface area contributed by atoms with Gasteiger partial charge in [0.25, 0.3) is 5.91 Å². The Morgan fingerprint density at radius 2 is 1.93 bits per heavy atom. The van der Waals surface area contributed by atoms with Gasteiger partial charge in [0, 0.05) is 24.8 Å². The number of fused-ring (bicyclic) bond motifs is 1. The van der Waals surface area contributed by atoms with E-state index < -0.39 is 11.7 Å². The van der Waals surface area contributed by atoms with Crippen molar-refractivity contribution in [3.8, 4) is 0 Å². The van der Waals surface area contributed by atoms with Crippen LogP contribution >= 0.6 is 0 Å². The minimum Gasteiger partial charge on any atom is -0.324 e. The first kappa shape index (κ1) is 18.1. The highest BCUT2D eigenvalue weighted by atomic mass is 19.1. The van der Waals surface area contributed by atoms with Crippen LogP contribution in [0, 0.1) is 5.82 Å². The van der Waals surface area contributed by atoms with Gasteiger partial charge in [0.05, 0.1) is 17.6 Å². The molecule has 0 unspecified atom stereocenters. The first-order chi connectivity index (χ1) is 13.5. The molecule has 2 amide bonds. The van der Waals surface area contributed by atoms with Gasteiger partial charge in [0.1, 0.15) is 11.3 Å².